The molecule has 0 saturated carbocycles. The molecule has 0 atom stereocenters. The molecule has 0 bridgehead atoms. The molecule has 0 fully saturated rings. The van der Waals surface area contributed by atoms with E-state index in [-0.39, 0.29) is 6.61 Å². The van der Waals surface area contributed by atoms with Crippen LogP contribution in [-0.2, 0) is 13.2 Å². The van der Waals surface area contributed by atoms with E-state index < -0.39 is 0 Å². The third kappa shape index (κ3) is 2.44. The summed E-state index contributed by atoms with van der Waals surface area (Å²) in [5.74, 6) is 0. The van der Waals surface area contributed by atoms with Crippen molar-refractivity contribution in [3.05, 3.63) is 72.8 Å². The number of hydrogen-bond acceptors (Lipinski definition) is 5. The van der Waals surface area contributed by atoms with Gasteiger partial charge in [0, 0.05) is 24.2 Å². The fraction of sp³-hybridized carbons (Fsp3) is 0.111. The van der Waals surface area contributed by atoms with Crippen LogP contribution in [0.2, 0.25) is 0 Å². The summed E-state index contributed by atoms with van der Waals surface area (Å²) in [4.78, 5) is 8.76. The quantitative estimate of drug-likeness (QED) is 0.537. The normalized spacial score (nSPS) is 11.6. The Morgan fingerprint density at radius 3 is 2.92 bits per heavy atom. The first-order valence-electron chi connectivity index (χ1n) is 8.19. The van der Waals surface area contributed by atoms with E-state index in [0.29, 0.717) is 6.54 Å². The molecule has 26 heavy (non-hydrogen) atoms. The lowest BCUT2D eigenvalue weighted by atomic mass is 10.2. The molecule has 1 N–H and O–H groups in total. The number of aliphatic hydroxyl groups is 1. The molecule has 8 nitrogen and oxygen atoms in total. The Balaban J connectivity index is 1.46. The molecule has 0 aliphatic rings. The highest BCUT2D eigenvalue weighted by molar-refractivity contribution is 5.76. The van der Waals surface area contributed by atoms with Gasteiger partial charge in [-0.05, 0) is 23.8 Å². The first kappa shape index (κ1) is 14.8. The van der Waals surface area contributed by atoms with E-state index in [0.717, 1.165) is 33.7 Å². The van der Waals surface area contributed by atoms with Gasteiger partial charge in [0.05, 0.1) is 43.1 Å². The van der Waals surface area contributed by atoms with Crippen molar-refractivity contribution in [2.75, 3.05) is 0 Å². The van der Waals surface area contributed by atoms with Gasteiger partial charge in [0.25, 0.3) is 0 Å². The van der Waals surface area contributed by atoms with Crippen molar-refractivity contribution in [3.63, 3.8) is 0 Å². The number of nitrogens with zero attached hydrogens (tertiary/aromatic N) is 7. The molecule has 0 radical (unpaired) electrons. The number of imidazole rings is 2. The van der Waals surface area contributed by atoms with E-state index >= 15 is 0 Å². The van der Waals surface area contributed by atoms with E-state index in [4.69, 9.17) is 0 Å². The van der Waals surface area contributed by atoms with Gasteiger partial charge in [0.1, 0.15) is 11.3 Å². The molecular weight excluding hydrogens is 330 g/mol. The summed E-state index contributed by atoms with van der Waals surface area (Å²) in [7, 11) is 0. The van der Waals surface area contributed by atoms with Crippen LogP contribution in [-0.4, -0.2) is 38.9 Å². The van der Waals surface area contributed by atoms with Gasteiger partial charge < -0.3 is 13.9 Å². The van der Waals surface area contributed by atoms with Crippen LogP contribution < -0.4 is 0 Å². The number of hydrogen-bond donors (Lipinski definition) is 1. The Kier molecular flexibility index (Phi) is 3.29. The van der Waals surface area contributed by atoms with E-state index in [2.05, 4.69) is 20.3 Å². The molecule has 0 aliphatic heterocycles. The van der Waals surface area contributed by atoms with Crippen LogP contribution in [0.4, 0.5) is 0 Å². The average Bonchev–Trinajstić information content (AvgIpc) is 3.39. The van der Waals surface area contributed by atoms with Crippen LogP contribution in [0.1, 0.15) is 11.3 Å². The van der Waals surface area contributed by atoms with Gasteiger partial charge in [0.15, 0.2) is 0 Å². The van der Waals surface area contributed by atoms with Crippen LogP contribution in [0.15, 0.2) is 61.6 Å². The van der Waals surface area contributed by atoms with Crippen LogP contribution in [0.25, 0.3) is 22.4 Å². The molecule has 5 rings (SSSR count). The monoisotopic (exact) mass is 345 g/mol. The van der Waals surface area contributed by atoms with Gasteiger partial charge in [-0.15, -0.1) is 5.10 Å². The first-order valence-corrected chi connectivity index (χ1v) is 8.19. The predicted molar refractivity (Wildman–Crippen MR) is 94.4 cm³/mol. The molecule has 5 heterocycles. The van der Waals surface area contributed by atoms with Crippen molar-refractivity contribution in [1.29, 1.82) is 0 Å². The van der Waals surface area contributed by atoms with Crippen LogP contribution in [0.3, 0.4) is 0 Å². The second kappa shape index (κ2) is 5.78. The Morgan fingerprint density at radius 2 is 2.00 bits per heavy atom. The fourth-order valence-corrected chi connectivity index (χ4v) is 3.09. The Labute approximate surface area is 148 Å². The summed E-state index contributed by atoms with van der Waals surface area (Å²) in [5.41, 5.74) is 5.32. The zero-order chi connectivity index (χ0) is 17.5. The molecule has 5 aromatic rings. The van der Waals surface area contributed by atoms with Crippen LogP contribution in [0.5, 0.6) is 0 Å². The topological polar surface area (TPSA) is 85.5 Å². The predicted octanol–water partition coefficient (Wildman–Crippen LogP) is 1.78. The smallest absolute Gasteiger partial charge is 0.137 e. The third-order valence-corrected chi connectivity index (χ3v) is 4.33. The third-order valence-electron chi connectivity index (χ3n) is 4.33. The van der Waals surface area contributed by atoms with Gasteiger partial charge in [-0.2, -0.15) is 0 Å². The molecule has 0 spiro atoms. The first-order chi connectivity index (χ1) is 12.8. The molecule has 0 aliphatic carbocycles. The van der Waals surface area contributed by atoms with Gasteiger partial charge in [0.2, 0.25) is 0 Å². The summed E-state index contributed by atoms with van der Waals surface area (Å²) in [6, 6.07) is 7.73. The summed E-state index contributed by atoms with van der Waals surface area (Å²) >= 11 is 0. The zero-order valence-corrected chi connectivity index (χ0v) is 13.8. The zero-order valence-electron chi connectivity index (χ0n) is 13.8. The average molecular weight is 345 g/mol. The van der Waals surface area contributed by atoms with Crippen LogP contribution in [0, 0.1) is 0 Å². The van der Waals surface area contributed by atoms with Gasteiger partial charge in [-0.25, -0.2) is 14.6 Å². The maximum Gasteiger partial charge on any atom is 0.137 e. The molecule has 5 aromatic heterocycles. The van der Waals surface area contributed by atoms with Crippen molar-refractivity contribution in [2.45, 2.75) is 13.2 Å². The standard InChI is InChI=1S/C18H15N7O/c26-11-13-3-4-18-20-14(8-24(18)7-13)9-25-10-16(21-22-25)15-2-1-5-23-12-19-6-17(15)23/h1-8,10,12,26H,9,11H2. The lowest BCUT2D eigenvalue weighted by molar-refractivity contribution is 0.281. The summed E-state index contributed by atoms with van der Waals surface area (Å²) in [5, 5.41) is 17.8. The Bertz CT molecular complexity index is 1220. The molecule has 128 valence electrons. The highest BCUT2D eigenvalue weighted by atomic mass is 16.3. The summed E-state index contributed by atoms with van der Waals surface area (Å²) < 4.78 is 5.63. The second-order valence-corrected chi connectivity index (χ2v) is 6.10. The number of fused-ring (bicyclic) bond motifs is 2. The highest BCUT2D eigenvalue weighted by Gasteiger charge is 2.10. The maximum atomic E-state index is 9.25. The van der Waals surface area contributed by atoms with Crippen molar-refractivity contribution >= 4 is 11.2 Å². The van der Waals surface area contributed by atoms with Crippen molar-refractivity contribution < 1.29 is 5.11 Å². The lowest BCUT2D eigenvalue weighted by Gasteiger charge is -1.99. The minimum absolute atomic E-state index is 0.00995. The van der Waals surface area contributed by atoms with E-state index in [9.17, 15) is 5.11 Å². The highest BCUT2D eigenvalue weighted by Crippen LogP contribution is 2.22. The SMILES string of the molecule is OCc1ccc2nc(Cn3cc(-c4cccn5cncc45)nn3)cn2c1. The Morgan fingerprint density at radius 1 is 1.04 bits per heavy atom. The minimum Gasteiger partial charge on any atom is -0.392 e. The number of pyridine rings is 2. The number of aromatic nitrogens is 7. The summed E-state index contributed by atoms with van der Waals surface area (Å²) in [6.07, 6.45) is 11.3. The van der Waals surface area contributed by atoms with Gasteiger partial charge in [-0.1, -0.05) is 11.3 Å². The molecule has 0 amide bonds. The van der Waals surface area contributed by atoms with Crippen molar-refractivity contribution in [2.24, 2.45) is 0 Å². The molecule has 0 aromatic carbocycles. The Hall–Kier alpha value is -3.52. The molecule has 0 unspecified atom stereocenters. The minimum atomic E-state index is 0.00995. The van der Waals surface area contributed by atoms with Crippen LogP contribution >= 0.6 is 0 Å². The lowest BCUT2D eigenvalue weighted by Crippen LogP contribution is -2.00. The molecular formula is C18H15N7O. The van der Waals surface area contributed by atoms with Crippen molar-refractivity contribution in [1.82, 2.24) is 33.8 Å². The van der Waals surface area contributed by atoms with E-state index in [1.54, 1.807) is 11.0 Å². The van der Waals surface area contributed by atoms with Crippen molar-refractivity contribution in [3.8, 4) is 11.3 Å². The van der Waals surface area contributed by atoms with Gasteiger partial charge >= 0.3 is 0 Å². The maximum absolute atomic E-state index is 9.25. The van der Waals surface area contributed by atoms with E-state index in [1.165, 1.54) is 0 Å². The molecule has 0 saturated heterocycles. The fourth-order valence-electron chi connectivity index (χ4n) is 3.09. The largest absolute Gasteiger partial charge is 0.392 e. The molecule has 8 heteroatoms. The second-order valence-electron chi connectivity index (χ2n) is 6.10. The van der Waals surface area contributed by atoms with Gasteiger partial charge in [-0.3, -0.25) is 0 Å². The number of aliphatic hydroxyl groups excluding tert-OH is 1. The van der Waals surface area contributed by atoms with E-state index in [1.807, 2.05) is 64.1 Å². The number of rotatable bonds is 4. The summed E-state index contributed by atoms with van der Waals surface area (Å²) in [6.45, 7) is 0.529.